The van der Waals surface area contributed by atoms with E-state index in [1.807, 2.05) is 42.5 Å². The van der Waals surface area contributed by atoms with Gasteiger partial charge in [-0.2, -0.15) is 0 Å². The monoisotopic (exact) mass is 493 g/mol. The van der Waals surface area contributed by atoms with Crippen molar-refractivity contribution in [2.45, 2.75) is 26.4 Å². The number of carbonyl (C=O) groups excluding carboxylic acids is 1. The first-order valence-electron chi connectivity index (χ1n) is 8.84. The lowest BCUT2D eigenvalue weighted by Gasteiger charge is -2.21. The number of hydrogen-bond acceptors (Lipinski definition) is 2. The average molecular weight is 494 g/mol. The van der Waals surface area contributed by atoms with E-state index in [4.69, 9.17) is 16.6 Å². The molecule has 3 rings (SSSR count). The number of benzene rings is 2. The van der Waals surface area contributed by atoms with Crippen molar-refractivity contribution in [3.63, 3.8) is 0 Å². The molecule has 0 fully saturated rings. The minimum atomic E-state index is -0.0263. The molecule has 0 unspecified atom stereocenters. The van der Waals surface area contributed by atoms with E-state index in [1.165, 1.54) is 0 Å². The van der Waals surface area contributed by atoms with Crippen molar-refractivity contribution < 1.29 is 4.79 Å². The molecule has 1 heterocycles. The Bertz CT molecular complexity index is 983. The molecule has 0 aliphatic heterocycles. The lowest BCUT2D eigenvalue weighted by Crippen LogP contribution is -2.32. The van der Waals surface area contributed by atoms with Crippen LogP contribution >= 0.6 is 34.2 Å². The van der Waals surface area contributed by atoms with Gasteiger partial charge >= 0.3 is 0 Å². The summed E-state index contributed by atoms with van der Waals surface area (Å²) in [5.41, 5.74) is 2.56. The highest BCUT2D eigenvalue weighted by Crippen LogP contribution is 2.23. The maximum Gasteiger partial charge on any atom is 0.254 e. The zero-order valence-electron chi connectivity index (χ0n) is 15.2. The molecule has 140 valence electrons. The van der Waals surface area contributed by atoms with Gasteiger partial charge < -0.3 is 9.47 Å². The summed E-state index contributed by atoms with van der Waals surface area (Å²) in [7, 11) is 0. The van der Waals surface area contributed by atoms with Crippen LogP contribution in [0.5, 0.6) is 0 Å². The molecule has 3 aromatic rings. The summed E-state index contributed by atoms with van der Waals surface area (Å²) in [6.07, 6.45) is 2.72. The van der Waals surface area contributed by atoms with E-state index in [0.717, 1.165) is 33.4 Å². The third kappa shape index (κ3) is 4.52. The van der Waals surface area contributed by atoms with Crippen LogP contribution in [0.4, 0.5) is 0 Å². The van der Waals surface area contributed by atoms with E-state index in [1.54, 1.807) is 11.0 Å². The zero-order valence-corrected chi connectivity index (χ0v) is 18.1. The second-order valence-corrected chi connectivity index (χ2v) is 7.98. The molecule has 0 aliphatic rings. The van der Waals surface area contributed by atoms with Crippen LogP contribution in [0.1, 0.15) is 29.5 Å². The molecule has 1 amide bonds. The van der Waals surface area contributed by atoms with Crippen LogP contribution in [-0.2, 0) is 13.1 Å². The van der Waals surface area contributed by atoms with Gasteiger partial charge in [-0.3, -0.25) is 4.79 Å². The Morgan fingerprint density at radius 1 is 1.33 bits per heavy atom. The first-order chi connectivity index (χ1) is 13.0. The molecule has 0 saturated carbocycles. The van der Waals surface area contributed by atoms with Crippen molar-refractivity contribution in [3.8, 4) is 0 Å². The van der Waals surface area contributed by atoms with E-state index in [2.05, 4.69) is 40.7 Å². The van der Waals surface area contributed by atoms with Gasteiger partial charge in [-0.05, 0) is 65.4 Å². The van der Waals surface area contributed by atoms with E-state index < -0.39 is 0 Å². The molecule has 2 aromatic carbocycles. The maximum absolute atomic E-state index is 13.0. The lowest BCUT2D eigenvalue weighted by atomic mass is 10.2. The lowest BCUT2D eigenvalue weighted by molar-refractivity contribution is 0.0757. The highest BCUT2D eigenvalue weighted by molar-refractivity contribution is 14.1. The fourth-order valence-corrected chi connectivity index (χ4v) is 3.80. The largest absolute Gasteiger partial charge is 0.327 e. The zero-order chi connectivity index (χ0) is 19.4. The third-order valence-electron chi connectivity index (χ3n) is 4.28. The third-order valence-corrected chi connectivity index (χ3v) is 5.18. The summed E-state index contributed by atoms with van der Waals surface area (Å²) < 4.78 is 3.18. The van der Waals surface area contributed by atoms with E-state index in [0.29, 0.717) is 23.7 Å². The van der Waals surface area contributed by atoms with Crippen LogP contribution in [-0.4, -0.2) is 26.9 Å². The van der Waals surface area contributed by atoms with Crippen molar-refractivity contribution >= 4 is 51.1 Å². The van der Waals surface area contributed by atoms with Crippen molar-refractivity contribution in [2.24, 2.45) is 0 Å². The predicted octanol–water partition coefficient (Wildman–Crippen LogP) is 5.53. The molecule has 0 spiro atoms. The number of hydrogen-bond donors (Lipinski definition) is 0. The molecule has 0 radical (unpaired) electrons. The van der Waals surface area contributed by atoms with Gasteiger partial charge in [0.1, 0.15) is 5.82 Å². The number of halogens is 2. The van der Waals surface area contributed by atoms with Gasteiger partial charge in [0.05, 0.1) is 17.6 Å². The number of aromatic nitrogens is 2. The molecule has 0 aliphatic carbocycles. The fourth-order valence-electron chi connectivity index (χ4n) is 3.09. The van der Waals surface area contributed by atoms with E-state index >= 15 is 0 Å². The molecular formula is C21H21ClIN3O. The quantitative estimate of drug-likeness (QED) is 0.320. The highest BCUT2D eigenvalue weighted by Gasteiger charge is 2.19. The summed E-state index contributed by atoms with van der Waals surface area (Å²) in [6, 6.07) is 13.3. The predicted molar refractivity (Wildman–Crippen MR) is 119 cm³/mol. The first-order valence-corrected chi connectivity index (χ1v) is 10.3. The van der Waals surface area contributed by atoms with Crippen LogP contribution in [0.25, 0.3) is 11.0 Å². The number of fused-ring (bicyclic) bond motifs is 1. The van der Waals surface area contributed by atoms with Crippen molar-refractivity contribution in [1.82, 2.24) is 14.5 Å². The number of nitrogens with zero attached hydrogens (tertiary/aromatic N) is 3. The Balaban J connectivity index is 1.97. The minimum absolute atomic E-state index is 0.0263. The van der Waals surface area contributed by atoms with Gasteiger partial charge in [0.2, 0.25) is 0 Å². The summed E-state index contributed by atoms with van der Waals surface area (Å²) in [5.74, 6) is 0.830. The number of aryl methyl sites for hydroxylation is 1. The van der Waals surface area contributed by atoms with Crippen molar-refractivity contribution in [1.29, 1.82) is 0 Å². The van der Waals surface area contributed by atoms with Crippen LogP contribution in [0.3, 0.4) is 0 Å². The second kappa shape index (κ2) is 8.89. The molecule has 0 N–H and O–H groups in total. The molecular weight excluding hydrogens is 473 g/mol. The minimum Gasteiger partial charge on any atom is -0.327 e. The number of imidazole rings is 1. The molecule has 4 nitrogen and oxygen atoms in total. The standard InChI is InChI=1S/C21H21ClIN3O/c1-3-10-25(21(27)15-6-5-7-17(23)12-15)14-20-24-18-9-8-16(22)13-19(18)26(20)11-4-2/h3,5-9,12-13H,1,4,10-11,14H2,2H3. The topological polar surface area (TPSA) is 38.1 Å². The van der Waals surface area contributed by atoms with E-state index in [-0.39, 0.29) is 5.91 Å². The molecule has 0 saturated heterocycles. The number of amides is 1. The Kier molecular flexibility index (Phi) is 6.55. The Hall–Kier alpha value is -1.86. The second-order valence-electron chi connectivity index (χ2n) is 6.30. The summed E-state index contributed by atoms with van der Waals surface area (Å²) in [5, 5.41) is 0.684. The molecule has 27 heavy (non-hydrogen) atoms. The average Bonchev–Trinajstić information content (AvgIpc) is 2.98. The first kappa shape index (κ1) is 19.9. The fraction of sp³-hybridized carbons (Fsp3) is 0.238. The SMILES string of the molecule is C=CCN(Cc1nc2ccc(Cl)cc2n1CCC)C(=O)c1cccc(I)c1. The normalized spacial score (nSPS) is 10.9. The van der Waals surface area contributed by atoms with Crippen LogP contribution in [0.15, 0.2) is 55.1 Å². The number of carbonyl (C=O) groups is 1. The molecule has 6 heteroatoms. The summed E-state index contributed by atoms with van der Waals surface area (Å²) in [6.45, 7) is 7.64. The van der Waals surface area contributed by atoms with Gasteiger partial charge in [0.25, 0.3) is 5.91 Å². The van der Waals surface area contributed by atoms with Crippen LogP contribution in [0.2, 0.25) is 5.02 Å². The Morgan fingerprint density at radius 3 is 2.85 bits per heavy atom. The van der Waals surface area contributed by atoms with Crippen LogP contribution < -0.4 is 0 Å². The van der Waals surface area contributed by atoms with Crippen molar-refractivity contribution in [2.75, 3.05) is 6.54 Å². The van der Waals surface area contributed by atoms with Gasteiger partial charge in [-0.1, -0.05) is 30.7 Å². The van der Waals surface area contributed by atoms with Gasteiger partial charge in [-0.25, -0.2) is 4.98 Å². The van der Waals surface area contributed by atoms with Crippen LogP contribution in [0, 0.1) is 3.57 Å². The van der Waals surface area contributed by atoms with Gasteiger partial charge in [-0.15, -0.1) is 6.58 Å². The summed E-state index contributed by atoms with van der Waals surface area (Å²) >= 11 is 8.40. The van der Waals surface area contributed by atoms with Crippen molar-refractivity contribution in [3.05, 3.63) is 75.1 Å². The molecule has 1 aromatic heterocycles. The Morgan fingerprint density at radius 2 is 2.15 bits per heavy atom. The van der Waals surface area contributed by atoms with Gasteiger partial charge in [0, 0.05) is 27.2 Å². The smallest absolute Gasteiger partial charge is 0.254 e. The van der Waals surface area contributed by atoms with Gasteiger partial charge in [0.15, 0.2) is 0 Å². The molecule has 0 bridgehead atoms. The molecule has 0 atom stereocenters. The number of rotatable bonds is 7. The van der Waals surface area contributed by atoms with E-state index in [9.17, 15) is 4.79 Å². The Labute approximate surface area is 178 Å². The maximum atomic E-state index is 13.0. The highest BCUT2D eigenvalue weighted by atomic mass is 127. The summed E-state index contributed by atoms with van der Waals surface area (Å²) in [4.78, 5) is 19.6.